The Hall–Kier alpha value is -2.19. The van der Waals surface area contributed by atoms with E-state index in [2.05, 4.69) is 5.32 Å². The predicted octanol–water partition coefficient (Wildman–Crippen LogP) is 2.56. The summed E-state index contributed by atoms with van der Waals surface area (Å²) in [5.41, 5.74) is 0.588. The van der Waals surface area contributed by atoms with Gasteiger partial charge in [-0.15, -0.1) is 11.3 Å². The summed E-state index contributed by atoms with van der Waals surface area (Å²) in [4.78, 5) is 25.7. The molecule has 8 heteroatoms. The third-order valence-electron chi connectivity index (χ3n) is 3.16. The molecule has 6 nitrogen and oxygen atoms in total. The van der Waals surface area contributed by atoms with Gasteiger partial charge >= 0.3 is 5.97 Å². The average Bonchev–Trinajstić information content (AvgIpc) is 2.83. The number of amides is 1. The number of anilines is 1. The summed E-state index contributed by atoms with van der Waals surface area (Å²) in [6, 6.07) is 7.75. The van der Waals surface area contributed by atoms with Gasteiger partial charge in [0.05, 0.1) is 16.1 Å². The summed E-state index contributed by atoms with van der Waals surface area (Å²) in [6.07, 6.45) is 1.06. The molecule has 1 amide bonds. The fraction of sp³-hybridized carbons (Fsp3) is 0.250. The molecule has 0 radical (unpaired) electrons. The van der Waals surface area contributed by atoms with Crippen LogP contribution in [-0.4, -0.2) is 33.2 Å². The second-order valence-corrected chi connectivity index (χ2v) is 8.66. The monoisotopic (exact) mass is 367 g/mol. The molecule has 0 unspecified atom stereocenters. The summed E-state index contributed by atoms with van der Waals surface area (Å²) in [5, 5.41) is 2.45. The number of ether oxygens (including phenoxy) is 1. The first-order valence-corrected chi connectivity index (χ1v) is 9.72. The molecular formula is C16H17NO5S2. The molecule has 1 heterocycles. The maximum absolute atomic E-state index is 12.0. The number of thiophene rings is 1. The number of sulfone groups is 1. The highest BCUT2D eigenvalue weighted by Gasteiger charge is 2.17. The van der Waals surface area contributed by atoms with Gasteiger partial charge < -0.3 is 10.1 Å². The highest BCUT2D eigenvalue weighted by Crippen LogP contribution is 2.22. The van der Waals surface area contributed by atoms with E-state index in [1.165, 1.54) is 23.5 Å². The van der Waals surface area contributed by atoms with E-state index >= 15 is 0 Å². The number of nitrogens with one attached hydrogen (secondary N) is 1. The second kappa shape index (κ2) is 7.14. The molecule has 2 aromatic rings. The van der Waals surface area contributed by atoms with Crippen molar-refractivity contribution in [3.8, 4) is 0 Å². The van der Waals surface area contributed by atoms with Gasteiger partial charge in [-0.1, -0.05) is 12.1 Å². The van der Waals surface area contributed by atoms with Crippen LogP contribution in [0.2, 0.25) is 0 Å². The Balaban J connectivity index is 2.02. The van der Waals surface area contributed by atoms with E-state index in [9.17, 15) is 18.0 Å². The SMILES string of the molecule is Cc1cc(C(=O)OCC(=O)Nc2ccccc2S(C)(=O)=O)c(C)s1. The van der Waals surface area contributed by atoms with Gasteiger partial charge in [-0.05, 0) is 32.0 Å². The van der Waals surface area contributed by atoms with E-state index in [-0.39, 0.29) is 10.6 Å². The van der Waals surface area contributed by atoms with Crippen LogP contribution in [0.3, 0.4) is 0 Å². The Bertz CT molecular complexity index is 884. The van der Waals surface area contributed by atoms with Gasteiger partial charge in [-0.2, -0.15) is 0 Å². The average molecular weight is 367 g/mol. The molecule has 0 atom stereocenters. The quantitative estimate of drug-likeness (QED) is 0.821. The largest absolute Gasteiger partial charge is 0.452 e. The van der Waals surface area contributed by atoms with Crippen molar-refractivity contribution in [1.29, 1.82) is 0 Å². The summed E-state index contributed by atoms with van der Waals surface area (Å²) in [5.74, 6) is -1.19. The number of carbonyl (C=O) groups excluding carboxylic acids is 2. The van der Waals surface area contributed by atoms with Crippen LogP contribution in [0.15, 0.2) is 35.2 Å². The van der Waals surface area contributed by atoms with Crippen molar-refractivity contribution in [1.82, 2.24) is 0 Å². The lowest BCUT2D eigenvalue weighted by atomic mass is 10.2. The lowest BCUT2D eigenvalue weighted by Gasteiger charge is -2.10. The van der Waals surface area contributed by atoms with Crippen molar-refractivity contribution in [2.75, 3.05) is 18.2 Å². The number of para-hydroxylation sites is 1. The fourth-order valence-corrected chi connectivity index (χ4v) is 3.88. The molecule has 1 aromatic carbocycles. The number of benzene rings is 1. The highest BCUT2D eigenvalue weighted by molar-refractivity contribution is 7.90. The molecular weight excluding hydrogens is 350 g/mol. The topological polar surface area (TPSA) is 89.5 Å². The van der Waals surface area contributed by atoms with Crippen molar-refractivity contribution in [3.63, 3.8) is 0 Å². The number of hydrogen-bond acceptors (Lipinski definition) is 6. The highest BCUT2D eigenvalue weighted by atomic mass is 32.2. The lowest BCUT2D eigenvalue weighted by molar-refractivity contribution is -0.119. The number of esters is 1. The lowest BCUT2D eigenvalue weighted by Crippen LogP contribution is -2.22. The molecule has 0 saturated heterocycles. The van der Waals surface area contributed by atoms with Crippen LogP contribution in [0.4, 0.5) is 5.69 Å². The van der Waals surface area contributed by atoms with Gasteiger partial charge in [0.15, 0.2) is 16.4 Å². The zero-order valence-electron chi connectivity index (χ0n) is 13.5. The maximum Gasteiger partial charge on any atom is 0.339 e. The van der Waals surface area contributed by atoms with Crippen molar-refractivity contribution < 1.29 is 22.7 Å². The predicted molar refractivity (Wildman–Crippen MR) is 92.3 cm³/mol. The van der Waals surface area contributed by atoms with Crippen LogP contribution in [0, 0.1) is 13.8 Å². The van der Waals surface area contributed by atoms with Crippen molar-refractivity contribution in [2.45, 2.75) is 18.7 Å². The molecule has 128 valence electrons. The molecule has 0 aliphatic heterocycles. The Kier molecular flexibility index (Phi) is 5.40. The molecule has 2 rings (SSSR count). The Morgan fingerprint density at radius 1 is 1.21 bits per heavy atom. The number of hydrogen-bond donors (Lipinski definition) is 1. The van der Waals surface area contributed by atoms with Gasteiger partial charge in [0.2, 0.25) is 0 Å². The van der Waals surface area contributed by atoms with Crippen molar-refractivity contribution in [3.05, 3.63) is 45.6 Å². The van der Waals surface area contributed by atoms with Gasteiger partial charge in [0, 0.05) is 16.0 Å². The Morgan fingerprint density at radius 3 is 2.46 bits per heavy atom. The first-order valence-electron chi connectivity index (χ1n) is 7.01. The minimum atomic E-state index is -3.48. The minimum Gasteiger partial charge on any atom is -0.452 e. The minimum absolute atomic E-state index is 0.00832. The third kappa shape index (κ3) is 4.42. The standard InChI is InChI=1S/C16H17NO5S2/c1-10-8-12(11(2)23-10)16(19)22-9-15(18)17-13-6-4-5-7-14(13)24(3,20)21/h4-8H,9H2,1-3H3,(H,17,18). The van der Waals surface area contributed by atoms with E-state index in [0.29, 0.717) is 5.56 Å². The van der Waals surface area contributed by atoms with E-state index in [1.54, 1.807) is 25.1 Å². The van der Waals surface area contributed by atoms with E-state index < -0.39 is 28.3 Å². The molecule has 0 aliphatic carbocycles. The molecule has 0 spiro atoms. The van der Waals surface area contributed by atoms with Gasteiger partial charge in [0.1, 0.15) is 0 Å². The van der Waals surface area contributed by atoms with Crippen molar-refractivity contribution >= 4 is 38.7 Å². The van der Waals surface area contributed by atoms with E-state index in [1.807, 2.05) is 6.92 Å². The number of carbonyl (C=O) groups is 2. The van der Waals surface area contributed by atoms with Crippen LogP contribution in [0.25, 0.3) is 0 Å². The maximum atomic E-state index is 12.0. The fourth-order valence-electron chi connectivity index (χ4n) is 2.12. The van der Waals surface area contributed by atoms with E-state index in [0.717, 1.165) is 16.0 Å². The Morgan fingerprint density at radius 2 is 1.88 bits per heavy atom. The molecule has 1 N–H and O–H groups in total. The molecule has 1 aromatic heterocycles. The summed E-state index contributed by atoms with van der Waals surface area (Å²) < 4.78 is 28.4. The van der Waals surface area contributed by atoms with Crippen LogP contribution in [0.5, 0.6) is 0 Å². The Labute approximate surface area is 144 Å². The van der Waals surface area contributed by atoms with Gasteiger partial charge in [0.25, 0.3) is 5.91 Å². The van der Waals surface area contributed by atoms with Crippen LogP contribution < -0.4 is 5.32 Å². The van der Waals surface area contributed by atoms with Crippen LogP contribution >= 0.6 is 11.3 Å². The zero-order valence-corrected chi connectivity index (χ0v) is 15.1. The molecule has 0 bridgehead atoms. The second-order valence-electron chi connectivity index (χ2n) is 5.22. The van der Waals surface area contributed by atoms with Crippen LogP contribution in [-0.2, 0) is 19.4 Å². The molecule has 24 heavy (non-hydrogen) atoms. The third-order valence-corrected chi connectivity index (χ3v) is 5.28. The summed E-state index contributed by atoms with van der Waals surface area (Å²) in [7, 11) is -3.48. The van der Waals surface area contributed by atoms with Gasteiger partial charge in [-0.25, -0.2) is 13.2 Å². The summed E-state index contributed by atoms with van der Waals surface area (Å²) >= 11 is 1.47. The normalized spacial score (nSPS) is 11.1. The van der Waals surface area contributed by atoms with Crippen molar-refractivity contribution in [2.24, 2.45) is 0 Å². The summed E-state index contributed by atoms with van der Waals surface area (Å²) in [6.45, 7) is 3.19. The first kappa shape index (κ1) is 18.2. The van der Waals surface area contributed by atoms with E-state index in [4.69, 9.17) is 4.74 Å². The first-order chi connectivity index (χ1) is 11.2. The molecule has 0 saturated carbocycles. The molecule has 0 aliphatic rings. The number of rotatable bonds is 5. The van der Waals surface area contributed by atoms with Crippen LogP contribution in [0.1, 0.15) is 20.1 Å². The molecule has 0 fully saturated rings. The van der Waals surface area contributed by atoms with Gasteiger partial charge in [-0.3, -0.25) is 4.79 Å². The zero-order chi connectivity index (χ0) is 17.9. The number of aryl methyl sites for hydroxylation is 2. The smallest absolute Gasteiger partial charge is 0.339 e.